The molecule has 1 saturated heterocycles. The average molecular weight is 459 g/mol. The molecule has 2 N–H and O–H groups in total. The minimum Gasteiger partial charge on any atom is -0.394 e. The molecule has 0 aliphatic carbocycles. The molecule has 0 radical (unpaired) electrons. The fraction of sp³-hybridized carbons (Fsp3) is 0.458. The van der Waals surface area contributed by atoms with Crippen LogP contribution in [0.1, 0.15) is 36.0 Å². The highest BCUT2D eigenvalue weighted by molar-refractivity contribution is 7.89. The lowest BCUT2D eigenvalue weighted by molar-refractivity contribution is -0.140. The topological polar surface area (TPSA) is 95.9 Å². The van der Waals surface area contributed by atoms with Crippen LogP contribution in [0.4, 0.5) is 0 Å². The van der Waals surface area contributed by atoms with E-state index in [0.717, 1.165) is 12.0 Å². The molecule has 2 aromatic carbocycles. The van der Waals surface area contributed by atoms with E-state index in [1.54, 1.807) is 24.3 Å². The molecule has 4 rings (SSSR count). The van der Waals surface area contributed by atoms with Crippen LogP contribution < -0.4 is 4.72 Å². The first-order chi connectivity index (χ1) is 15.4. The summed E-state index contributed by atoms with van der Waals surface area (Å²) >= 11 is 0. The fourth-order valence-corrected chi connectivity index (χ4v) is 5.73. The van der Waals surface area contributed by atoms with E-state index in [0.29, 0.717) is 25.9 Å². The monoisotopic (exact) mass is 458 g/mol. The number of aliphatic hydroxyl groups excluding tert-OH is 1. The van der Waals surface area contributed by atoms with Crippen LogP contribution in [-0.4, -0.2) is 55.7 Å². The first kappa shape index (κ1) is 22.9. The predicted molar refractivity (Wildman–Crippen MR) is 120 cm³/mol. The normalized spacial score (nSPS) is 23.6. The lowest BCUT2D eigenvalue weighted by Crippen LogP contribution is -2.51. The fourth-order valence-electron chi connectivity index (χ4n) is 4.43. The number of ether oxygens (including phenoxy) is 1. The third-order valence-electron chi connectivity index (χ3n) is 6.32. The highest BCUT2D eigenvalue weighted by atomic mass is 32.2. The van der Waals surface area contributed by atoms with E-state index in [2.05, 4.69) is 16.9 Å². The number of nitrogens with one attached hydrogen (secondary N) is 1. The average Bonchev–Trinajstić information content (AvgIpc) is 2.79. The van der Waals surface area contributed by atoms with Gasteiger partial charge in [-0.25, -0.2) is 13.1 Å². The number of aliphatic hydroxyl groups is 1. The second kappa shape index (κ2) is 9.70. The molecule has 32 heavy (non-hydrogen) atoms. The van der Waals surface area contributed by atoms with Crippen LogP contribution in [-0.2, 0) is 32.5 Å². The zero-order chi connectivity index (χ0) is 22.7. The Morgan fingerprint density at radius 3 is 2.56 bits per heavy atom. The SMILES string of the molecule is Cc1ccc(S(=O)(=O)N[C@H]2CC[C@H](CC(=O)N3CCc4ccccc4C3)O[C@@H]2CO)cc1. The molecule has 172 valence electrons. The van der Waals surface area contributed by atoms with Crippen LogP contribution in [0, 0.1) is 6.92 Å². The Labute approximate surface area is 189 Å². The van der Waals surface area contributed by atoms with Crippen LogP contribution in [0.2, 0.25) is 0 Å². The molecule has 0 spiro atoms. The van der Waals surface area contributed by atoms with E-state index in [4.69, 9.17) is 4.74 Å². The van der Waals surface area contributed by atoms with Crippen molar-refractivity contribution in [3.8, 4) is 0 Å². The highest BCUT2D eigenvalue weighted by Gasteiger charge is 2.35. The van der Waals surface area contributed by atoms with Gasteiger partial charge < -0.3 is 14.7 Å². The largest absolute Gasteiger partial charge is 0.394 e. The molecule has 0 unspecified atom stereocenters. The molecule has 8 heteroatoms. The summed E-state index contributed by atoms with van der Waals surface area (Å²) in [4.78, 5) is 14.9. The van der Waals surface area contributed by atoms with E-state index in [1.807, 2.05) is 24.0 Å². The summed E-state index contributed by atoms with van der Waals surface area (Å²) in [6.07, 6.45) is 1.09. The Morgan fingerprint density at radius 2 is 1.84 bits per heavy atom. The molecule has 0 aromatic heterocycles. The molecule has 1 fully saturated rings. The van der Waals surface area contributed by atoms with Crippen molar-refractivity contribution in [1.29, 1.82) is 0 Å². The Kier molecular flexibility index (Phi) is 6.95. The number of carbonyl (C=O) groups is 1. The van der Waals surface area contributed by atoms with Gasteiger partial charge in [0.15, 0.2) is 0 Å². The summed E-state index contributed by atoms with van der Waals surface area (Å²) in [7, 11) is -3.72. The number of hydrogen-bond donors (Lipinski definition) is 2. The molecule has 7 nitrogen and oxygen atoms in total. The number of carbonyl (C=O) groups excluding carboxylic acids is 1. The van der Waals surface area contributed by atoms with Crippen LogP contribution in [0.15, 0.2) is 53.4 Å². The summed E-state index contributed by atoms with van der Waals surface area (Å²) in [5.41, 5.74) is 3.44. The van der Waals surface area contributed by atoms with Crippen molar-refractivity contribution in [3.63, 3.8) is 0 Å². The number of amides is 1. The Morgan fingerprint density at radius 1 is 1.12 bits per heavy atom. The summed E-state index contributed by atoms with van der Waals surface area (Å²) in [6.45, 7) is 2.86. The first-order valence-corrected chi connectivity index (χ1v) is 12.5. The summed E-state index contributed by atoms with van der Waals surface area (Å²) < 4.78 is 34.1. The van der Waals surface area contributed by atoms with E-state index in [9.17, 15) is 18.3 Å². The van der Waals surface area contributed by atoms with Gasteiger partial charge in [0.2, 0.25) is 15.9 Å². The Bertz CT molecular complexity index is 1050. The van der Waals surface area contributed by atoms with Gasteiger partial charge in [-0.3, -0.25) is 4.79 Å². The standard InChI is InChI=1S/C24H30N2O5S/c1-17-6-9-21(10-7-17)32(29,30)25-22-11-8-20(31-23(22)16-27)14-24(28)26-13-12-18-4-2-3-5-19(18)15-26/h2-7,9-10,20,22-23,25,27H,8,11-16H2,1H3/t20-,22+,23-/m1/s1. The van der Waals surface area contributed by atoms with Crippen molar-refractivity contribution in [1.82, 2.24) is 9.62 Å². The Hall–Kier alpha value is -2.26. The second-order valence-electron chi connectivity index (χ2n) is 8.64. The molecular weight excluding hydrogens is 428 g/mol. The van der Waals surface area contributed by atoms with Gasteiger partial charge in [0.05, 0.1) is 36.2 Å². The van der Waals surface area contributed by atoms with Crippen LogP contribution in [0.5, 0.6) is 0 Å². The maximum absolute atomic E-state index is 12.9. The molecule has 2 aliphatic heterocycles. The van der Waals surface area contributed by atoms with Crippen molar-refractivity contribution < 1.29 is 23.1 Å². The predicted octanol–water partition coefficient (Wildman–Crippen LogP) is 2.16. The van der Waals surface area contributed by atoms with Crippen molar-refractivity contribution in [2.45, 2.75) is 62.3 Å². The Balaban J connectivity index is 1.34. The summed E-state index contributed by atoms with van der Waals surface area (Å²) in [5, 5.41) is 9.82. The van der Waals surface area contributed by atoms with Crippen LogP contribution >= 0.6 is 0 Å². The van der Waals surface area contributed by atoms with Gasteiger partial charge in [0.25, 0.3) is 0 Å². The lowest BCUT2D eigenvalue weighted by Gasteiger charge is -2.37. The maximum Gasteiger partial charge on any atom is 0.240 e. The quantitative estimate of drug-likeness (QED) is 0.692. The zero-order valence-electron chi connectivity index (χ0n) is 18.2. The molecule has 0 bridgehead atoms. The van der Waals surface area contributed by atoms with Crippen LogP contribution in [0.3, 0.4) is 0 Å². The minimum atomic E-state index is -3.72. The molecule has 1 amide bonds. The van der Waals surface area contributed by atoms with Crippen molar-refractivity contribution in [3.05, 3.63) is 65.2 Å². The van der Waals surface area contributed by atoms with Crippen molar-refractivity contribution in [2.24, 2.45) is 0 Å². The van der Waals surface area contributed by atoms with Gasteiger partial charge in [-0.05, 0) is 49.4 Å². The van der Waals surface area contributed by atoms with E-state index in [-0.39, 0.29) is 29.9 Å². The third kappa shape index (κ3) is 5.20. The maximum atomic E-state index is 12.9. The van der Waals surface area contributed by atoms with Gasteiger partial charge in [0.1, 0.15) is 0 Å². The molecule has 2 aromatic rings. The number of hydrogen-bond acceptors (Lipinski definition) is 5. The molecule has 0 saturated carbocycles. The first-order valence-electron chi connectivity index (χ1n) is 11.1. The van der Waals surface area contributed by atoms with Gasteiger partial charge in [-0.2, -0.15) is 0 Å². The number of benzene rings is 2. The number of rotatable bonds is 6. The van der Waals surface area contributed by atoms with Crippen molar-refractivity contribution in [2.75, 3.05) is 13.2 Å². The minimum absolute atomic E-state index is 0.0277. The van der Waals surface area contributed by atoms with Crippen molar-refractivity contribution >= 4 is 15.9 Å². The van der Waals surface area contributed by atoms with Gasteiger partial charge in [0, 0.05) is 13.1 Å². The zero-order valence-corrected chi connectivity index (χ0v) is 19.1. The second-order valence-corrected chi connectivity index (χ2v) is 10.3. The molecule has 2 aliphatic rings. The van der Waals surface area contributed by atoms with Gasteiger partial charge >= 0.3 is 0 Å². The number of fused-ring (bicyclic) bond motifs is 1. The van der Waals surface area contributed by atoms with E-state index < -0.39 is 22.2 Å². The third-order valence-corrected chi connectivity index (χ3v) is 7.82. The van der Waals surface area contributed by atoms with E-state index >= 15 is 0 Å². The highest BCUT2D eigenvalue weighted by Crippen LogP contribution is 2.26. The molecule has 3 atom stereocenters. The van der Waals surface area contributed by atoms with Crippen LogP contribution in [0.25, 0.3) is 0 Å². The van der Waals surface area contributed by atoms with Gasteiger partial charge in [-0.15, -0.1) is 0 Å². The number of sulfonamides is 1. The molecule has 2 heterocycles. The smallest absolute Gasteiger partial charge is 0.240 e. The van der Waals surface area contributed by atoms with Gasteiger partial charge in [-0.1, -0.05) is 42.0 Å². The number of aryl methyl sites for hydroxylation is 1. The summed E-state index contributed by atoms with van der Waals surface area (Å²) in [5.74, 6) is 0.0277. The van der Waals surface area contributed by atoms with E-state index in [1.165, 1.54) is 11.1 Å². The lowest BCUT2D eigenvalue weighted by atomic mass is 9.96. The summed E-state index contributed by atoms with van der Waals surface area (Å²) in [6, 6.07) is 14.2. The number of nitrogens with zero attached hydrogens (tertiary/aromatic N) is 1. The molecular formula is C24H30N2O5S.